The van der Waals surface area contributed by atoms with Crippen molar-refractivity contribution in [3.8, 4) is 5.69 Å². The molecule has 146 valence electrons. The maximum absolute atomic E-state index is 12.5. The van der Waals surface area contributed by atoms with Gasteiger partial charge in [0.2, 0.25) is 5.91 Å². The van der Waals surface area contributed by atoms with Crippen molar-refractivity contribution in [1.82, 2.24) is 20.4 Å². The summed E-state index contributed by atoms with van der Waals surface area (Å²) in [5.74, 6) is 1.17. The van der Waals surface area contributed by atoms with E-state index in [0.29, 0.717) is 18.3 Å². The number of aryl methyl sites for hydroxylation is 2. The molecule has 1 amide bonds. The summed E-state index contributed by atoms with van der Waals surface area (Å²) in [6.07, 6.45) is 3.04. The van der Waals surface area contributed by atoms with Gasteiger partial charge in [0.1, 0.15) is 0 Å². The average molecular weight is 369 g/mol. The Hall–Kier alpha value is -2.14. The number of carbonyl (C=O) groups is 1. The van der Waals surface area contributed by atoms with Crippen LogP contribution in [-0.2, 0) is 4.79 Å². The van der Waals surface area contributed by atoms with Crippen LogP contribution in [-0.4, -0.2) is 28.8 Å². The summed E-state index contributed by atoms with van der Waals surface area (Å²) in [5.41, 5.74) is 4.29. The van der Waals surface area contributed by atoms with Crippen molar-refractivity contribution >= 4 is 5.91 Å². The van der Waals surface area contributed by atoms with Gasteiger partial charge in [-0.3, -0.25) is 4.79 Å². The van der Waals surface area contributed by atoms with Gasteiger partial charge in [-0.2, -0.15) is 5.10 Å². The number of nitrogens with zero attached hydrogens (tertiary/aromatic N) is 2. The number of carbonyl (C=O) groups excluding carboxylic acids is 1. The van der Waals surface area contributed by atoms with Gasteiger partial charge in [-0.25, -0.2) is 4.68 Å². The molecule has 0 radical (unpaired) electrons. The molecular formula is C22H32N4O. The Morgan fingerprint density at radius 2 is 2.04 bits per heavy atom. The van der Waals surface area contributed by atoms with Crippen LogP contribution in [0.2, 0.25) is 0 Å². The van der Waals surface area contributed by atoms with Gasteiger partial charge < -0.3 is 10.6 Å². The van der Waals surface area contributed by atoms with E-state index in [0.717, 1.165) is 35.7 Å². The van der Waals surface area contributed by atoms with Gasteiger partial charge in [0.15, 0.2) is 0 Å². The van der Waals surface area contributed by atoms with Crippen LogP contribution in [0.5, 0.6) is 0 Å². The molecular weight excluding hydrogens is 336 g/mol. The van der Waals surface area contributed by atoms with E-state index < -0.39 is 0 Å². The van der Waals surface area contributed by atoms with Crippen LogP contribution >= 0.6 is 0 Å². The van der Waals surface area contributed by atoms with Crippen LogP contribution in [0.15, 0.2) is 30.3 Å². The second-order valence-corrected chi connectivity index (χ2v) is 8.01. The first kappa shape index (κ1) is 19.6. The Balaban J connectivity index is 1.56. The lowest BCUT2D eigenvalue weighted by Crippen LogP contribution is -2.36. The fourth-order valence-corrected chi connectivity index (χ4v) is 4.00. The number of hydrogen-bond donors (Lipinski definition) is 2. The van der Waals surface area contributed by atoms with Crippen molar-refractivity contribution in [3.05, 3.63) is 47.3 Å². The van der Waals surface area contributed by atoms with Crippen LogP contribution < -0.4 is 10.6 Å². The molecule has 27 heavy (non-hydrogen) atoms. The Kier molecular flexibility index (Phi) is 6.32. The minimum absolute atomic E-state index is 0.00341. The van der Waals surface area contributed by atoms with Gasteiger partial charge in [0.05, 0.1) is 17.4 Å². The Morgan fingerprint density at radius 3 is 2.63 bits per heavy atom. The van der Waals surface area contributed by atoms with Crippen molar-refractivity contribution in [3.63, 3.8) is 0 Å². The van der Waals surface area contributed by atoms with Gasteiger partial charge in [0.25, 0.3) is 0 Å². The molecule has 1 aromatic carbocycles. The lowest BCUT2D eigenvalue weighted by Gasteiger charge is -2.28. The van der Waals surface area contributed by atoms with Gasteiger partial charge in [-0.15, -0.1) is 0 Å². The molecule has 3 atom stereocenters. The van der Waals surface area contributed by atoms with Crippen molar-refractivity contribution in [2.24, 2.45) is 11.8 Å². The molecule has 1 aromatic heterocycles. The number of aromatic nitrogens is 2. The Labute approximate surface area is 162 Å². The van der Waals surface area contributed by atoms with E-state index in [2.05, 4.69) is 59.9 Å². The van der Waals surface area contributed by atoms with E-state index in [1.165, 1.54) is 12.8 Å². The summed E-state index contributed by atoms with van der Waals surface area (Å²) < 4.78 is 1.95. The second kappa shape index (κ2) is 8.70. The summed E-state index contributed by atoms with van der Waals surface area (Å²) in [7, 11) is 0. The first-order chi connectivity index (χ1) is 12.9. The maximum atomic E-state index is 12.5. The highest BCUT2D eigenvalue weighted by atomic mass is 16.1. The third-order valence-corrected chi connectivity index (χ3v) is 5.67. The smallest absolute Gasteiger partial charge is 0.220 e. The van der Waals surface area contributed by atoms with E-state index in [4.69, 9.17) is 0 Å². The predicted molar refractivity (Wildman–Crippen MR) is 109 cm³/mol. The molecule has 0 saturated carbocycles. The van der Waals surface area contributed by atoms with Crippen LogP contribution in [0.3, 0.4) is 0 Å². The van der Waals surface area contributed by atoms with E-state index in [1.54, 1.807) is 0 Å². The van der Waals surface area contributed by atoms with E-state index in [9.17, 15) is 4.79 Å². The van der Waals surface area contributed by atoms with Gasteiger partial charge in [-0.05, 0) is 82.3 Å². The summed E-state index contributed by atoms with van der Waals surface area (Å²) >= 11 is 0. The van der Waals surface area contributed by atoms with Gasteiger partial charge in [-0.1, -0.05) is 19.1 Å². The molecule has 3 unspecified atom stereocenters. The first-order valence-electron chi connectivity index (χ1n) is 10.1. The molecule has 5 heteroatoms. The molecule has 0 spiro atoms. The minimum atomic E-state index is 0.00341. The third-order valence-electron chi connectivity index (χ3n) is 5.67. The third kappa shape index (κ3) is 4.98. The Morgan fingerprint density at radius 1 is 1.30 bits per heavy atom. The fraction of sp³-hybridized carbons (Fsp3) is 0.545. The normalized spacial score (nSPS) is 19.5. The Bertz CT molecular complexity index is 759. The molecule has 2 N–H and O–H groups in total. The van der Waals surface area contributed by atoms with Gasteiger partial charge in [0, 0.05) is 12.1 Å². The summed E-state index contributed by atoms with van der Waals surface area (Å²) in [4.78, 5) is 12.5. The average Bonchev–Trinajstić information content (AvgIpc) is 3.00. The quantitative estimate of drug-likeness (QED) is 0.817. The first-order valence-corrected chi connectivity index (χ1v) is 10.1. The zero-order chi connectivity index (χ0) is 19.4. The molecule has 0 aliphatic carbocycles. The SMILES string of the molecule is Cc1cc(C)n(-c2ccc(C(C)NC(=O)CC(C)C3CCCNC3)cc2)n1. The molecule has 1 saturated heterocycles. The van der Waals surface area contributed by atoms with Crippen LogP contribution in [0.1, 0.15) is 56.1 Å². The summed E-state index contributed by atoms with van der Waals surface area (Å²) in [6, 6.07) is 10.3. The van der Waals surface area contributed by atoms with Crippen LogP contribution in [0.4, 0.5) is 0 Å². The van der Waals surface area contributed by atoms with Crippen molar-refractivity contribution < 1.29 is 4.79 Å². The van der Waals surface area contributed by atoms with E-state index in [1.807, 2.05) is 18.5 Å². The zero-order valence-electron chi connectivity index (χ0n) is 17.0. The zero-order valence-corrected chi connectivity index (χ0v) is 17.0. The largest absolute Gasteiger partial charge is 0.350 e. The summed E-state index contributed by atoms with van der Waals surface area (Å²) in [5, 5.41) is 11.1. The molecule has 3 rings (SSSR count). The monoisotopic (exact) mass is 368 g/mol. The molecule has 1 aliphatic heterocycles. The number of piperidine rings is 1. The molecule has 0 bridgehead atoms. The lowest BCUT2D eigenvalue weighted by molar-refractivity contribution is -0.123. The fourth-order valence-electron chi connectivity index (χ4n) is 4.00. The standard InChI is InChI=1S/C22H32N4O/c1-15(20-6-5-11-23-14-20)12-22(27)24-18(4)19-7-9-21(10-8-19)26-17(3)13-16(2)25-26/h7-10,13,15,18,20,23H,5-6,11-12,14H2,1-4H3,(H,24,27). The molecule has 2 aromatic rings. The van der Waals surface area contributed by atoms with Gasteiger partial charge >= 0.3 is 0 Å². The van der Waals surface area contributed by atoms with Crippen molar-refractivity contribution in [2.45, 2.75) is 53.0 Å². The van der Waals surface area contributed by atoms with E-state index >= 15 is 0 Å². The topological polar surface area (TPSA) is 59.0 Å². The number of benzene rings is 1. The lowest BCUT2D eigenvalue weighted by atomic mass is 9.85. The predicted octanol–water partition coefficient (Wildman–Crippen LogP) is 3.69. The summed E-state index contributed by atoms with van der Waals surface area (Å²) in [6.45, 7) is 10.5. The highest BCUT2D eigenvalue weighted by Crippen LogP contribution is 2.23. The molecule has 1 aliphatic rings. The maximum Gasteiger partial charge on any atom is 0.220 e. The van der Waals surface area contributed by atoms with Crippen LogP contribution in [0, 0.1) is 25.7 Å². The number of nitrogens with one attached hydrogen (secondary N) is 2. The minimum Gasteiger partial charge on any atom is -0.350 e. The van der Waals surface area contributed by atoms with E-state index in [-0.39, 0.29) is 11.9 Å². The van der Waals surface area contributed by atoms with Crippen LogP contribution in [0.25, 0.3) is 5.69 Å². The second-order valence-electron chi connectivity index (χ2n) is 8.01. The number of hydrogen-bond acceptors (Lipinski definition) is 3. The number of rotatable bonds is 6. The number of amides is 1. The highest BCUT2D eigenvalue weighted by molar-refractivity contribution is 5.76. The molecule has 2 heterocycles. The molecule has 1 fully saturated rings. The molecule has 5 nitrogen and oxygen atoms in total. The van der Waals surface area contributed by atoms with Crippen molar-refractivity contribution in [1.29, 1.82) is 0 Å². The van der Waals surface area contributed by atoms with Crippen molar-refractivity contribution in [2.75, 3.05) is 13.1 Å². The highest BCUT2D eigenvalue weighted by Gasteiger charge is 2.22.